The molecule has 0 aliphatic carbocycles. The van der Waals surface area contributed by atoms with Crippen molar-refractivity contribution < 1.29 is 36.2 Å². The van der Waals surface area contributed by atoms with Gasteiger partial charge >= 0.3 is 12.5 Å². The van der Waals surface area contributed by atoms with Crippen LogP contribution in [0.5, 0.6) is 5.75 Å². The molecule has 0 radical (unpaired) electrons. The van der Waals surface area contributed by atoms with Crippen LogP contribution in [0.2, 0.25) is 0 Å². The topological polar surface area (TPSA) is 55.5 Å². The Morgan fingerprint density at radius 3 is 1.95 bits per heavy atom. The average Bonchev–Trinajstić information content (AvgIpc) is 2.26. The van der Waals surface area contributed by atoms with Crippen molar-refractivity contribution in [3.63, 3.8) is 0 Å². The molecule has 9 heteroatoms. The number of aliphatic hydroxyl groups excluding tert-OH is 1. The summed E-state index contributed by atoms with van der Waals surface area (Å²) in [4.78, 5) is 0. The number of aliphatic hydroxyl groups is 1. The van der Waals surface area contributed by atoms with Crippen molar-refractivity contribution in [1.29, 1.82) is 0 Å². The minimum atomic E-state index is -4.86. The summed E-state index contributed by atoms with van der Waals surface area (Å²) in [6, 6.07) is 1.64. The van der Waals surface area contributed by atoms with Crippen LogP contribution < -0.4 is 10.5 Å². The third-order valence-corrected chi connectivity index (χ3v) is 2.40. The molecule has 1 aromatic rings. The molecule has 0 amide bonds. The molecule has 0 fully saturated rings. The van der Waals surface area contributed by atoms with E-state index in [4.69, 9.17) is 5.73 Å². The van der Waals surface area contributed by atoms with Gasteiger partial charge in [0.1, 0.15) is 11.8 Å². The average molecular weight is 303 g/mol. The molecule has 3 N–H and O–H groups in total. The first-order valence-electron chi connectivity index (χ1n) is 5.35. The van der Waals surface area contributed by atoms with Crippen molar-refractivity contribution >= 4 is 0 Å². The highest BCUT2D eigenvalue weighted by Crippen LogP contribution is 2.29. The van der Waals surface area contributed by atoms with Gasteiger partial charge in [-0.05, 0) is 17.7 Å². The van der Waals surface area contributed by atoms with Gasteiger partial charge in [-0.25, -0.2) is 0 Å². The summed E-state index contributed by atoms with van der Waals surface area (Å²) in [5, 5.41) is 9.53. The number of alkyl halides is 6. The third kappa shape index (κ3) is 5.25. The van der Waals surface area contributed by atoms with Gasteiger partial charge in [0.25, 0.3) is 0 Å². The summed E-state index contributed by atoms with van der Waals surface area (Å²) in [6.45, 7) is 0. The smallest absolute Gasteiger partial charge is 0.406 e. The molecule has 0 saturated heterocycles. The Labute approximate surface area is 109 Å². The molecular weight excluding hydrogens is 292 g/mol. The van der Waals surface area contributed by atoms with Crippen molar-refractivity contribution in [3.05, 3.63) is 29.8 Å². The van der Waals surface area contributed by atoms with E-state index < -0.39 is 36.9 Å². The van der Waals surface area contributed by atoms with E-state index in [-0.39, 0.29) is 5.56 Å². The Morgan fingerprint density at radius 1 is 1.05 bits per heavy atom. The molecule has 2 atom stereocenters. The third-order valence-electron chi connectivity index (χ3n) is 2.40. The summed E-state index contributed by atoms with van der Waals surface area (Å²) >= 11 is 0. The van der Waals surface area contributed by atoms with Crippen molar-refractivity contribution in [2.75, 3.05) is 0 Å². The summed E-state index contributed by atoms with van der Waals surface area (Å²) in [6.07, 6.45) is -11.8. The molecule has 0 aliphatic heterocycles. The lowest BCUT2D eigenvalue weighted by Crippen LogP contribution is -2.38. The van der Waals surface area contributed by atoms with Crippen LogP contribution in [0.15, 0.2) is 24.3 Å². The lowest BCUT2D eigenvalue weighted by atomic mass is 10.0. The summed E-state index contributed by atoms with van der Waals surface area (Å²) in [5.41, 5.74) is 4.86. The van der Waals surface area contributed by atoms with E-state index in [2.05, 4.69) is 4.74 Å². The molecular formula is C11H11F6NO2. The number of nitrogens with two attached hydrogens (primary N) is 1. The molecule has 0 bridgehead atoms. The first-order valence-corrected chi connectivity index (χ1v) is 5.35. The molecule has 0 spiro atoms. The van der Waals surface area contributed by atoms with E-state index in [1.165, 1.54) is 0 Å². The van der Waals surface area contributed by atoms with Gasteiger partial charge in [0.15, 0.2) is 0 Å². The second-order valence-corrected chi connectivity index (χ2v) is 4.02. The first kappa shape index (κ1) is 16.6. The fourth-order valence-corrected chi connectivity index (χ4v) is 1.40. The zero-order chi connectivity index (χ0) is 15.6. The van der Waals surface area contributed by atoms with Crippen LogP contribution in [0.4, 0.5) is 26.3 Å². The molecule has 0 aromatic heterocycles. The van der Waals surface area contributed by atoms with Gasteiger partial charge in [-0.3, -0.25) is 0 Å². The number of rotatable bonds is 4. The van der Waals surface area contributed by atoms with Crippen molar-refractivity contribution in [1.82, 2.24) is 0 Å². The Bertz CT molecular complexity index is 428. The van der Waals surface area contributed by atoms with Gasteiger partial charge < -0.3 is 15.6 Å². The van der Waals surface area contributed by atoms with Crippen molar-refractivity contribution in [2.45, 2.75) is 31.1 Å². The highest BCUT2D eigenvalue weighted by atomic mass is 19.4. The van der Waals surface area contributed by atoms with Crippen molar-refractivity contribution in [2.24, 2.45) is 5.73 Å². The number of halogens is 6. The van der Waals surface area contributed by atoms with Crippen molar-refractivity contribution in [3.8, 4) is 5.75 Å². The fraction of sp³-hybridized carbons (Fsp3) is 0.455. The molecule has 0 saturated carbocycles. The SMILES string of the molecule is N[C@@H](C[C@H](O)c1ccc(OC(F)(F)F)cc1)C(F)(F)F. The molecule has 0 aliphatic rings. The van der Waals surface area contributed by atoms with Crippen LogP contribution >= 0.6 is 0 Å². The van der Waals surface area contributed by atoms with E-state index in [0.717, 1.165) is 24.3 Å². The fourth-order valence-electron chi connectivity index (χ4n) is 1.40. The number of hydrogen-bond donors (Lipinski definition) is 2. The maximum absolute atomic E-state index is 12.2. The zero-order valence-electron chi connectivity index (χ0n) is 9.87. The Hall–Kier alpha value is -1.48. The highest BCUT2D eigenvalue weighted by molar-refractivity contribution is 5.28. The van der Waals surface area contributed by atoms with E-state index >= 15 is 0 Å². The predicted molar refractivity (Wildman–Crippen MR) is 56.7 cm³/mol. The Morgan fingerprint density at radius 2 is 1.55 bits per heavy atom. The second-order valence-electron chi connectivity index (χ2n) is 4.02. The Kier molecular flexibility index (Phi) is 4.87. The number of hydrogen-bond acceptors (Lipinski definition) is 3. The normalized spacial score (nSPS) is 15.8. The Balaban J connectivity index is 2.69. The van der Waals surface area contributed by atoms with Gasteiger partial charge in [-0.1, -0.05) is 12.1 Å². The molecule has 1 rings (SSSR count). The molecule has 1 aromatic carbocycles. The molecule has 0 heterocycles. The standard InChI is InChI=1S/C11H11F6NO2/c12-10(13,14)9(18)5-8(19)6-1-3-7(4-2-6)20-11(15,16)17/h1-4,8-9,19H,5,18H2/t8-,9-/m0/s1. The molecule has 20 heavy (non-hydrogen) atoms. The van der Waals surface area contributed by atoms with E-state index in [1.54, 1.807) is 0 Å². The minimum absolute atomic E-state index is 0.0132. The lowest BCUT2D eigenvalue weighted by Gasteiger charge is -2.19. The first-order chi connectivity index (χ1) is 8.99. The summed E-state index contributed by atoms with van der Waals surface area (Å²) in [5.74, 6) is -0.534. The summed E-state index contributed by atoms with van der Waals surface area (Å²) < 4.78 is 75.8. The van der Waals surface area contributed by atoms with Gasteiger partial charge in [0.2, 0.25) is 0 Å². The monoisotopic (exact) mass is 303 g/mol. The van der Waals surface area contributed by atoms with Gasteiger partial charge in [-0.2, -0.15) is 13.2 Å². The van der Waals surface area contributed by atoms with Crippen LogP contribution in [0.3, 0.4) is 0 Å². The van der Waals surface area contributed by atoms with Gasteiger partial charge in [0, 0.05) is 6.42 Å². The van der Waals surface area contributed by atoms with Crippen LogP contribution in [-0.4, -0.2) is 23.7 Å². The van der Waals surface area contributed by atoms with Crippen LogP contribution in [0, 0.1) is 0 Å². The molecule has 114 valence electrons. The summed E-state index contributed by atoms with van der Waals surface area (Å²) in [7, 11) is 0. The zero-order valence-corrected chi connectivity index (χ0v) is 9.87. The quantitative estimate of drug-likeness (QED) is 0.841. The van der Waals surface area contributed by atoms with Gasteiger partial charge in [-0.15, -0.1) is 13.2 Å². The van der Waals surface area contributed by atoms with E-state index in [9.17, 15) is 31.4 Å². The highest BCUT2D eigenvalue weighted by Gasteiger charge is 2.38. The molecule has 3 nitrogen and oxygen atoms in total. The van der Waals surface area contributed by atoms with Gasteiger partial charge in [0.05, 0.1) is 6.10 Å². The van der Waals surface area contributed by atoms with Crippen LogP contribution in [-0.2, 0) is 0 Å². The number of benzene rings is 1. The predicted octanol–water partition coefficient (Wildman–Crippen LogP) is 2.90. The second kappa shape index (κ2) is 5.88. The largest absolute Gasteiger partial charge is 0.573 e. The minimum Gasteiger partial charge on any atom is -0.406 e. The van der Waals surface area contributed by atoms with E-state index in [1.807, 2.05) is 0 Å². The lowest BCUT2D eigenvalue weighted by molar-refractivity contribution is -0.274. The van der Waals surface area contributed by atoms with E-state index in [0.29, 0.717) is 0 Å². The molecule has 0 unspecified atom stereocenters. The van der Waals surface area contributed by atoms with Crippen LogP contribution in [0.1, 0.15) is 18.1 Å². The maximum atomic E-state index is 12.2. The van der Waals surface area contributed by atoms with Crippen LogP contribution in [0.25, 0.3) is 0 Å². The maximum Gasteiger partial charge on any atom is 0.573 e. The number of ether oxygens (including phenoxy) is 1.